The molecule has 0 aromatic rings. The Kier molecular flexibility index (Phi) is 3.21. The molecule has 2 heteroatoms. The first kappa shape index (κ1) is 6.35. The molecular formula is C5H5ClN+. The zero-order chi connectivity index (χ0) is 5.70. The highest BCUT2D eigenvalue weighted by molar-refractivity contribution is 6.39. The van der Waals surface area contributed by atoms with Gasteiger partial charge in [0.1, 0.15) is 5.03 Å². The fourth-order valence-corrected chi connectivity index (χ4v) is 0.213. The van der Waals surface area contributed by atoms with Gasteiger partial charge in [0.05, 0.1) is 12.3 Å². The topological polar surface area (TPSA) is 23.9 Å². The SMILES string of the molecule is [CH+]=C/C=C(/Cl)C=N. The molecule has 0 amide bonds. The maximum Gasteiger partial charge on any atom is 0.153 e. The zero-order valence-corrected chi connectivity index (χ0v) is 4.44. The highest BCUT2D eigenvalue weighted by Gasteiger charge is 1.83. The second-order valence-electron chi connectivity index (χ2n) is 0.888. The van der Waals surface area contributed by atoms with E-state index in [9.17, 15) is 0 Å². The van der Waals surface area contributed by atoms with Gasteiger partial charge in [0.25, 0.3) is 0 Å². The van der Waals surface area contributed by atoms with Crippen molar-refractivity contribution in [1.29, 1.82) is 5.41 Å². The molecule has 0 aliphatic heterocycles. The summed E-state index contributed by atoms with van der Waals surface area (Å²) in [5, 5.41) is 6.85. The van der Waals surface area contributed by atoms with Gasteiger partial charge >= 0.3 is 0 Å². The second kappa shape index (κ2) is 3.54. The summed E-state index contributed by atoms with van der Waals surface area (Å²) in [6.45, 7) is 4.92. The lowest BCUT2D eigenvalue weighted by Gasteiger charge is -1.67. The summed E-state index contributed by atoms with van der Waals surface area (Å²) < 4.78 is 0. The summed E-state index contributed by atoms with van der Waals surface area (Å²) in [5.74, 6) is 0. The number of nitrogens with one attached hydrogen (secondary N) is 1. The minimum absolute atomic E-state index is 0.336. The van der Waals surface area contributed by atoms with Gasteiger partial charge in [-0.25, -0.2) is 0 Å². The minimum atomic E-state index is 0.336. The number of allylic oxidation sites excluding steroid dienone is 3. The largest absolute Gasteiger partial charge is 0.305 e. The molecule has 0 bridgehead atoms. The van der Waals surface area contributed by atoms with E-state index >= 15 is 0 Å². The predicted molar refractivity (Wildman–Crippen MR) is 31.6 cm³/mol. The van der Waals surface area contributed by atoms with Crippen molar-refractivity contribution >= 4 is 17.8 Å². The first-order valence-corrected chi connectivity index (χ1v) is 2.10. The molecule has 0 atom stereocenters. The van der Waals surface area contributed by atoms with Gasteiger partial charge in [-0.1, -0.05) is 11.6 Å². The van der Waals surface area contributed by atoms with Crippen LogP contribution in [-0.4, -0.2) is 6.21 Å². The molecule has 0 aliphatic carbocycles. The van der Waals surface area contributed by atoms with Gasteiger partial charge in [0.15, 0.2) is 6.08 Å². The Bertz CT molecular complexity index is 105. The molecule has 0 spiro atoms. The van der Waals surface area contributed by atoms with E-state index in [2.05, 4.69) is 0 Å². The zero-order valence-electron chi connectivity index (χ0n) is 3.69. The summed E-state index contributed by atoms with van der Waals surface area (Å²) >= 11 is 5.27. The molecule has 0 unspecified atom stereocenters. The van der Waals surface area contributed by atoms with Gasteiger partial charge in [-0.15, -0.1) is 0 Å². The van der Waals surface area contributed by atoms with Crippen LogP contribution in [0.5, 0.6) is 0 Å². The Labute approximate surface area is 47.8 Å². The lowest BCUT2D eigenvalue weighted by Crippen LogP contribution is -1.64. The fraction of sp³-hybridized carbons (Fsp3) is 0. The predicted octanol–water partition coefficient (Wildman–Crippen LogP) is 1.75. The van der Waals surface area contributed by atoms with Crippen LogP contribution in [0.3, 0.4) is 0 Å². The molecule has 0 fully saturated rings. The van der Waals surface area contributed by atoms with Crippen LogP contribution in [0.15, 0.2) is 17.2 Å². The van der Waals surface area contributed by atoms with Crippen LogP contribution in [-0.2, 0) is 0 Å². The van der Waals surface area contributed by atoms with Crippen LogP contribution in [0, 0.1) is 12.0 Å². The Balaban J connectivity index is 3.72. The van der Waals surface area contributed by atoms with Crippen LogP contribution in [0.25, 0.3) is 0 Å². The van der Waals surface area contributed by atoms with E-state index in [-0.39, 0.29) is 0 Å². The van der Waals surface area contributed by atoms with E-state index < -0.39 is 0 Å². The molecule has 0 radical (unpaired) electrons. The summed E-state index contributed by atoms with van der Waals surface area (Å²) in [6, 6.07) is 0. The van der Waals surface area contributed by atoms with Crippen LogP contribution in [0.2, 0.25) is 0 Å². The van der Waals surface area contributed by atoms with Crippen molar-refractivity contribution in [3.8, 4) is 0 Å². The first-order valence-electron chi connectivity index (χ1n) is 1.72. The minimum Gasteiger partial charge on any atom is -0.305 e. The van der Waals surface area contributed by atoms with E-state index in [1.54, 1.807) is 0 Å². The number of hydrogen-bond acceptors (Lipinski definition) is 1. The lowest BCUT2D eigenvalue weighted by molar-refractivity contribution is 1.57. The van der Waals surface area contributed by atoms with Crippen molar-refractivity contribution in [2.45, 2.75) is 0 Å². The van der Waals surface area contributed by atoms with Crippen LogP contribution in [0.4, 0.5) is 0 Å². The normalized spacial score (nSPS) is 10.6. The van der Waals surface area contributed by atoms with Crippen molar-refractivity contribution in [2.75, 3.05) is 0 Å². The molecule has 7 heavy (non-hydrogen) atoms. The molecule has 0 aromatic carbocycles. The van der Waals surface area contributed by atoms with E-state index in [0.29, 0.717) is 5.03 Å². The third-order valence-electron chi connectivity index (χ3n) is 0.393. The molecule has 0 rings (SSSR count). The summed E-state index contributed by atoms with van der Waals surface area (Å²) in [6.07, 6.45) is 3.74. The summed E-state index contributed by atoms with van der Waals surface area (Å²) in [7, 11) is 0. The lowest BCUT2D eigenvalue weighted by atomic mass is 10.5. The summed E-state index contributed by atoms with van der Waals surface area (Å²) in [5.41, 5.74) is 0. The van der Waals surface area contributed by atoms with Crippen molar-refractivity contribution in [3.63, 3.8) is 0 Å². The van der Waals surface area contributed by atoms with E-state index in [4.69, 9.17) is 23.6 Å². The molecule has 0 saturated carbocycles. The Morgan fingerprint density at radius 1 is 1.71 bits per heavy atom. The van der Waals surface area contributed by atoms with Crippen LogP contribution >= 0.6 is 11.6 Å². The highest BCUT2D eigenvalue weighted by Crippen LogP contribution is 1.93. The van der Waals surface area contributed by atoms with Gasteiger partial charge in [0.2, 0.25) is 0 Å². The Morgan fingerprint density at radius 3 is 2.43 bits per heavy atom. The third kappa shape index (κ3) is 3.17. The molecule has 36 valence electrons. The number of rotatable bonds is 2. The standard InChI is InChI=1S/C5H5ClN/c1-2-3-5(6)4-7/h1-4,7H/q+1/b5-3+,7-4?. The fourth-order valence-electron chi connectivity index (χ4n) is 0.140. The maximum atomic E-state index is 6.51. The van der Waals surface area contributed by atoms with Gasteiger partial charge in [-0.3, -0.25) is 0 Å². The second-order valence-corrected chi connectivity index (χ2v) is 1.32. The Morgan fingerprint density at radius 2 is 2.29 bits per heavy atom. The average Bonchev–Trinajstić information content (AvgIpc) is 1.68. The van der Waals surface area contributed by atoms with E-state index in [1.807, 2.05) is 0 Å². The van der Waals surface area contributed by atoms with Gasteiger partial charge in [-0.2, -0.15) is 0 Å². The molecule has 0 saturated heterocycles. The molecule has 0 aromatic heterocycles. The van der Waals surface area contributed by atoms with Crippen molar-refractivity contribution in [2.24, 2.45) is 0 Å². The van der Waals surface area contributed by atoms with Gasteiger partial charge in [0, 0.05) is 6.58 Å². The molecular weight excluding hydrogens is 110 g/mol. The maximum absolute atomic E-state index is 6.51. The van der Waals surface area contributed by atoms with Gasteiger partial charge < -0.3 is 5.41 Å². The van der Waals surface area contributed by atoms with Crippen molar-refractivity contribution in [1.82, 2.24) is 0 Å². The molecule has 0 heterocycles. The number of halogens is 1. The Hall–Kier alpha value is -0.650. The summed E-state index contributed by atoms with van der Waals surface area (Å²) in [4.78, 5) is 0. The third-order valence-corrected chi connectivity index (χ3v) is 0.628. The molecule has 1 nitrogen and oxygen atoms in total. The average molecular weight is 115 g/mol. The smallest absolute Gasteiger partial charge is 0.153 e. The molecule has 1 N–H and O–H groups in total. The van der Waals surface area contributed by atoms with Crippen molar-refractivity contribution in [3.05, 3.63) is 23.8 Å². The van der Waals surface area contributed by atoms with Gasteiger partial charge in [-0.05, 0) is 0 Å². The number of hydrogen-bond donors (Lipinski definition) is 1. The highest BCUT2D eigenvalue weighted by atomic mass is 35.5. The quantitative estimate of drug-likeness (QED) is 0.321. The first-order chi connectivity index (χ1) is 3.31. The van der Waals surface area contributed by atoms with Crippen LogP contribution < -0.4 is 0 Å². The van der Waals surface area contributed by atoms with E-state index in [1.165, 1.54) is 12.2 Å². The monoisotopic (exact) mass is 114 g/mol. The van der Waals surface area contributed by atoms with Crippen LogP contribution in [0.1, 0.15) is 0 Å². The van der Waals surface area contributed by atoms with Crippen molar-refractivity contribution < 1.29 is 0 Å². The molecule has 0 aliphatic rings. The van der Waals surface area contributed by atoms with E-state index in [0.717, 1.165) is 6.21 Å².